The molecule has 1 amide bonds. The fraction of sp³-hybridized carbons (Fsp3) is 0.300. The standard InChI is InChI=1S/C10H13BNO.2H2O/c1-9(13)12-8-7-11-10-5-3-2-4-6-10;;/h2-6H,7-8H2,1H3,(H,12,13);2*1H2. The number of hydrogen-bond donors (Lipinski definition) is 1. The molecule has 1 radical (unpaired) electrons. The molecule has 0 fully saturated rings. The van der Waals surface area contributed by atoms with E-state index >= 15 is 0 Å². The maximum atomic E-state index is 10.5. The normalized spacial score (nSPS) is 8.07. The smallest absolute Gasteiger partial charge is 0.216 e. The van der Waals surface area contributed by atoms with Crippen LogP contribution in [0.5, 0.6) is 0 Å². The van der Waals surface area contributed by atoms with E-state index < -0.39 is 0 Å². The number of nitrogens with one attached hydrogen (secondary N) is 1. The topological polar surface area (TPSA) is 92.1 Å². The fourth-order valence-electron chi connectivity index (χ4n) is 1.08. The van der Waals surface area contributed by atoms with Gasteiger partial charge in [0.15, 0.2) is 7.28 Å². The third kappa shape index (κ3) is 7.72. The van der Waals surface area contributed by atoms with E-state index in [2.05, 4.69) is 12.6 Å². The molecular formula is C10H17BNO3. The predicted octanol–water partition coefficient (Wildman–Crippen LogP) is -1.08. The van der Waals surface area contributed by atoms with Gasteiger partial charge in [-0.3, -0.25) is 4.79 Å². The average molecular weight is 210 g/mol. The monoisotopic (exact) mass is 210 g/mol. The van der Waals surface area contributed by atoms with Gasteiger partial charge in [-0.2, -0.15) is 0 Å². The van der Waals surface area contributed by atoms with E-state index in [4.69, 9.17) is 0 Å². The van der Waals surface area contributed by atoms with Crippen molar-refractivity contribution in [1.29, 1.82) is 0 Å². The summed E-state index contributed by atoms with van der Waals surface area (Å²) < 4.78 is 0. The van der Waals surface area contributed by atoms with Crippen molar-refractivity contribution >= 4 is 18.6 Å². The van der Waals surface area contributed by atoms with Crippen LogP contribution in [0.3, 0.4) is 0 Å². The minimum atomic E-state index is 0. The molecule has 1 aromatic rings. The Labute approximate surface area is 90.6 Å². The van der Waals surface area contributed by atoms with Crippen LogP contribution in [0, 0.1) is 0 Å². The van der Waals surface area contributed by atoms with Crippen molar-refractivity contribution < 1.29 is 15.7 Å². The molecule has 1 rings (SSSR count). The Balaban J connectivity index is 0. The Bertz CT molecular complexity index is 267. The molecule has 15 heavy (non-hydrogen) atoms. The van der Waals surface area contributed by atoms with Crippen LogP contribution in [0.25, 0.3) is 0 Å². The summed E-state index contributed by atoms with van der Waals surface area (Å²) in [6, 6.07) is 10.1. The second-order valence-corrected chi connectivity index (χ2v) is 2.89. The molecule has 0 spiro atoms. The first-order valence-electron chi connectivity index (χ1n) is 4.42. The molecule has 1 aromatic carbocycles. The lowest BCUT2D eigenvalue weighted by molar-refractivity contribution is -0.118. The van der Waals surface area contributed by atoms with Crippen LogP contribution in [-0.2, 0) is 4.79 Å². The first kappa shape index (κ1) is 16.1. The van der Waals surface area contributed by atoms with Gasteiger partial charge in [0, 0.05) is 13.5 Å². The van der Waals surface area contributed by atoms with Gasteiger partial charge in [0.05, 0.1) is 0 Å². The highest BCUT2D eigenvalue weighted by Gasteiger charge is 1.94. The van der Waals surface area contributed by atoms with Gasteiger partial charge in [0.1, 0.15) is 0 Å². The van der Waals surface area contributed by atoms with Gasteiger partial charge in [-0.1, -0.05) is 42.1 Å². The highest BCUT2D eigenvalue weighted by atomic mass is 16.1. The van der Waals surface area contributed by atoms with E-state index in [1.54, 1.807) is 0 Å². The minimum Gasteiger partial charge on any atom is -0.412 e. The van der Waals surface area contributed by atoms with Crippen LogP contribution < -0.4 is 10.8 Å². The summed E-state index contributed by atoms with van der Waals surface area (Å²) in [4.78, 5) is 10.5. The van der Waals surface area contributed by atoms with Crippen LogP contribution >= 0.6 is 0 Å². The Hall–Kier alpha value is -1.33. The molecule has 83 valence electrons. The van der Waals surface area contributed by atoms with Crippen LogP contribution in [0.15, 0.2) is 30.3 Å². The van der Waals surface area contributed by atoms with Gasteiger partial charge in [-0.15, -0.1) is 0 Å². The Morgan fingerprint density at radius 2 is 1.87 bits per heavy atom. The molecule has 0 bridgehead atoms. The minimum absolute atomic E-state index is 0. The van der Waals surface area contributed by atoms with Gasteiger partial charge >= 0.3 is 0 Å². The molecule has 4 nitrogen and oxygen atoms in total. The lowest BCUT2D eigenvalue weighted by Crippen LogP contribution is -2.24. The van der Waals surface area contributed by atoms with E-state index in [0.29, 0.717) is 6.54 Å². The van der Waals surface area contributed by atoms with E-state index in [1.807, 2.05) is 30.3 Å². The van der Waals surface area contributed by atoms with E-state index in [9.17, 15) is 4.79 Å². The second-order valence-electron chi connectivity index (χ2n) is 2.89. The molecule has 0 unspecified atom stereocenters. The van der Waals surface area contributed by atoms with Gasteiger partial charge in [0.25, 0.3) is 0 Å². The molecule has 0 aliphatic rings. The zero-order valence-electron chi connectivity index (χ0n) is 8.79. The predicted molar refractivity (Wildman–Crippen MR) is 62.5 cm³/mol. The molecule has 0 aliphatic heterocycles. The van der Waals surface area contributed by atoms with Crippen molar-refractivity contribution in [2.45, 2.75) is 13.2 Å². The number of rotatable bonds is 4. The average Bonchev–Trinajstić information content (AvgIpc) is 2.14. The summed E-state index contributed by atoms with van der Waals surface area (Å²) in [7, 11) is 2.11. The lowest BCUT2D eigenvalue weighted by Gasteiger charge is -2.00. The summed E-state index contributed by atoms with van der Waals surface area (Å²) in [5.74, 6) is 0.0291. The van der Waals surface area contributed by atoms with Crippen LogP contribution in [0.4, 0.5) is 0 Å². The summed E-state index contributed by atoms with van der Waals surface area (Å²) in [5.41, 5.74) is 1.20. The molecular weight excluding hydrogens is 193 g/mol. The van der Waals surface area contributed by atoms with Crippen LogP contribution in [-0.4, -0.2) is 30.7 Å². The number of carbonyl (C=O) groups is 1. The lowest BCUT2D eigenvalue weighted by atomic mass is 9.67. The zero-order valence-corrected chi connectivity index (χ0v) is 8.79. The van der Waals surface area contributed by atoms with Crippen molar-refractivity contribution in [3.63, 3.8) is 0 Å². The molecule has 0 heterocycles. The third-order valence-electron chi connectivity index (χ3n) is 1.70. The van der Waals surface area contributed by atoms with Gasteiger partial charge in [-0.05, 0) is 0 Å². The van der Waals surface area contributed by atoms with Crippen molar-refractivity contribution in [2.24, 2.45) is 0 Å². The number of benzene rings is 1. The summed E-state index contributed by atoms with van der Waals surface area (Å²) in [6.45, 7) is 2.24. The summed E-state index contributed by atoms with van der Waals surface area (Å²) in [6.07, 6.45) is 0.879. The maximum Gasteiger partial charge on any atom is 0.216 e. The second kappa shape index (κ2) is 9.24. The van der Waals surface area contributed by atoms with Crippen molar-refractivity contribution in [3.8, 4) is 0 Å². The molecule has 5 N–H and O–H groups in total. The van der Waals surface area contributed by atoms with Crippen LogP contribution in [0.2, 0.25) is 6.32 Å². The summed E-state index contributed by atoms with van der Waals surface area (Å²) in [5, 5.41) is 2.75. The quantitative estimate of drug-likeness (QED) is 0.496. The zero-order chi connectivity index (χ0) is 9.52. The van der Waals surface area contributed by atoms with E-state index in [0.717, 1.165) is 6.32 Å². The van der Waals surface area contributed by atoms with E-state index in [-0.39, 0.29) is 16.9 Å². The summed E-state index contributed by atoms with van der Waals surface area (Å²) >= 11 is 0. The van der Waals surface area contributed by atoms with Crippen LogP contribution in [0.1, 0.15) is 6.92 Å². The number of hydrogen-bond acceptors (Lipinski definition) is 1. The van der Waals surface area contributed by atoms with Crippen molar-refractivity contribution in [2.75, 3.05) is 6.54 Å². The number of amides is 1. The van der Waals surface area contributed by atoms with Gasteiger partial charge in [0.2, 0.25) is 5.91 Å². The largest absolute Gasteiger partial charge is 0.412 e. The van der Waals surface area contributed by atoms with Crippen molar-refractivity contribution in [3.05, 3.63) is 30.3 Å². The highest BCUT2D eigenvalue weighted by molar-refractivity contribution is 6.53. The molecule has 0 saturated carbocycles. The third-order valence-corrected chi connectivity index (χ3v) is 1.70. The molecule has 0 aliphatic carbocycles. The fourth-order valence-corrected chi connectivity index (χ4v) is 1.08. The molecule has 0 saturated heterocycles. The molecule has 0 aromatic heterocycles. The molecule has 0 atom stereocenters. The highest BCUT2D eigenvalue weighted by Crippen LogP contribution is 1.83. The Morgan fingerprint density at radius 3 is 2.40 bits per heavy atom. The van der Waals surface area contributed by atoms with Gasteiger partial charge in [-0.25, -0.2) is 0 Å². The number of carbonyl (C=O) groups excluding carboxylic acids is 1. The van der Waals surface area contributed by atoms with E-state index in [1.165, 1.54) is 12.4 Å². The maximum absolute atomic E-state index is 10.5. The Morgan fingerprint density at radius 1 is 1.27 bits per heavy atom. The first-order chi connectivity index (χ1) is 6.29. The van der Waals surface area contributed by atoms with Crippen molar-refractivity contribution in [1.82, 2.24) is 5.32 Å². The Kier molecular flexibility index (Phi) is 9.93. The molecule has 5 heteroatoms. The SMILES string of the molecule is CC(=O)NCC[B]c1ccccc1.O.O. The first-order valence-corrected chi connectivity index (χ1v) is 4.42. The van der Waals surface area contributed by atoms with Gasteiger partial charge < -0.3 is 16.3 Å².